The average molecular weight is 361 g/mol. The summed E-state index contributed by atoms with van der Waals surface area (Å²) >= 11 is 1.80. The summed E-state index contributed by atoms with van der Waals surface area (Å²) in [4.78, 5) is 10.4. The smallest absolute Gasteiger partial charge is 0.191 e. The highest BCUT2D eigenvalue weighted by molar-refractivity contribution is 7.10. The molecule has 0 bridgehead atoms. The van der Waals surface area contributed by atoms with Gasteiger partial charge in [0.2, 0.25) is 0 Å². The summed E-state index contributed by atoms with van der Waals surface area (Å²) in [6, 6.07) is 4.63. The molecule has 1 aliphatic heterocycles. The van der Waals surface area contributed by atoms with Crippen molar-refractivity contribution in [2.75, 3.05) is 13.6 Å². The fourth-order valence-electron chi connectivity index (χ4n) is 3.07. The molecule has 25 heavy (non-hydrogen) atoms. The molecule has 0 aromatic carbocycles. The van der Waals surface area contributed by atoms with Crippen molar-refractivity contribution in [3.05, 3.63) is 34.0 Å². The number of hydrogen-bond acceptors (Lipinski definition) is 4. The summed E-state index contributed by atoms with van der Waals surface area (Å²) < 4.78 is 2.04. The Morgan fingerprint density at radius 3 is 3.00 bits per heavy atom. The molecule has 0 radical (unpaired) electrons. The third-order valence-corrected chi connectivity index (χ3v) is 5.90. The van der Waals surface area contributed by atoms with Crippen LogP contribution in [0.15, 0.2) is 22.5 Å². The summed E-state index contributed by atoms with van der Waals surface area (Å²) in [6.07, 6.45) is 2.90. The maximum Gasteiger partial charge on any atom is 0.191 e. The van der Waals surface area contributed by atoms with Gasteiger partial charge in [-0.15, -0.1) is 11.3 Å². The topological polar surface area (TPSA) is 67.1 Å². The predicted octanol–water partition coefficient (Wildman–Crippen LogP) is 2.36. The molecule has 136 valence electrons. The normalized spacial score (nSPS) is 18.1. The highest BCUT2D eigenvalue weighted by Crippen LogP contribution is 2.26. The van der Waals surface area contributed by atoms with Crippen LogP contribution in [0.4, 0.5) is 0 Å². The first kappa shape index (κ1) is 17.9. The van der Waals surface area contributed by atoms with Gasteiger partial charge in [-0.3, -0.25) is 4.99 Å². The second kappa shape index (κ2) is 7.56. The van der Waals surface area contributed by atoms with Crippen LogP contribution in [0, 0.1) is 0 Å². The fourth-order valence-corrected chi connectivity index (χ4v) is 3.92. The van der Waals surface area contributed by atoms with Gasteiger partial charge in [-0.25, -0.2) is 9.67 Å². The molecule has 7 heteroatoms. The maximum atomic E-state index is 4.58. The van der Waals surface area contributed by atoms with Gasteiger partial charge >= 0.3 is 0 Å². The van der Waals surface area contributed by atoms with Crippen LogP contribution < -0.4 is 10.6 Å². The van der Waals surface area contributed by atoms with Crippen LogP contribution in [0.25, 0.3) is 0 Å². The number of rotatable bonds is 5. The Bertz CT molecular complexity index is 716. The Morgan fingerprint density at radius 1 is 1.48 bits per heavy atom. The molecular weight excluding hydrogens is 332 g/mol. The summed E-state index contributed by atoms with van der Waals surface area (Å²) in [5.41, 5.74) is 0.0768. The third kappa shape index (κ3) is 4.21. The Morgan fingerprint density at radius 2 is 2.32 bits per heavy atom. The molecule has 1 unspecified atom stereocenters. The van der Waals surface area contributed by atoms with Gasteiger partial charge in [0, 0.05) is 42.8 Å². The molecule has 1 atom stereocenters. The number of hydrogen-bond donors (Lipinski definition) is 2. The first-order valence-corrected chi connectivity index (χ1v) is 9.83. The summed E-state index contributed by atoms with van der Waals surface area (Å²) in [5.74, 6) is 2.90. The van der Waals surface area contributed by atoms with Gasteiger partial charge in [-0.05, 0) is 17.9 Å². The van der Waals surface area contributed by atoms with Crippen LogP contribution in [0.2, 0.25) is 0 Å². The van der Waals surface area contributed by atoms with Gasteiger partial charge in [0.05, 0.1) is 6.54 Å². The second-order valence-electron chi connectivity index (χ2n) is 7.15. The average Bonchev–Trinajstić information content (AvgIpc) is 3.27. The Labute approximate surface area is 153 Å². The van der Waals surface area contributed by atoms with E-state index in [2.05, 4.69) is 64.0 Å². The minimum absolute atomic E-state index is 0.0768. The minimum atomic E-state index is 0.0768. The first-order chi connectivity index (χ1) is 12.0. The van der Waals surface area contributed by atoms with Gasteiger partial charge in [0.25, 0.3) is 0 Å². The molecule has 1 aliphatic rings. The second-order valence-corrected chi connectivity index (χ2v) is 8.09. The monoisotopic (exact) mass is 360 g/mol. The van der Waals surface area contributed by atoms with Crippen LogP contribution in [-0.4, -0.2) is 40.4 Å². The number of aromatic nitrogens is 3. The quantitative estimate of drug-likeness (QED) is 0.634. The number of fused-ring (bicyclic) bond motifs is 1. The van der Waals surface area contributed by atoms with Crippen molar-refractivity contribution in [3.63, 3.8) is 0 Å². The third-order valence-electron chi connectivity index (χ3n) is 4.67. The molecular formula is C18H28N6S. The lowest BCUT2D eigenvalue weighted by molar-refractivity contribution is 0.390. The zero-order valence-electron chi connectivity index (χ0n) is 15.5. The largest absolute Gasteiger partial charge is 0.356 e. The van der Waals surface area contributed by atoms with Crippen molar-refractivity contribution in [2.24, 2.45) is 4.99 Å². The van der Waals surface area contributed by atoms with Crippen molar-refractivity contribution in [1.82, 2.24) is 25.4 Å². The SMILES string of the molecule is CCc1nc2n(n1)CC(NC(=NC)NCC(C)(C)c1cccs1)CC2. The van der Waals surface area contributed by atoms with Crippen molar-refractivity contribution in [1.29, 1.82) is 0 Å². The van der Waals surface area contributed by atoms with Crippen LogP contribution >= 0.6 is 11.3 Å². The van der Waals surface area contributed by atoms with E-state index in [1.165, 1.54) is 4.88 Å². The van der Waals surface area contributed by atoms with Crippen molar-refractivity contribution in [2.45, 2.75) is 58.0 Å². The van der Waals surface area contributed by atoms with Crippen LogP contribution in [0.1, 0.15) is 43.7 Å². The van der Waals surface area contributed by atoms with Gasteiger partial charge in [0.15, 0.2) is 11.8 Å². The molecule has 2 N–H and O–H groups in total. The number of aliphatic imine (C=N–C) groups is 1. The number of aryl methyl sites for hydroxylation is 2. The van der Waals surface area contributed by atoms with Crippen LogP contribution in [0.5, 0.6) is 0 Å². The molecule has 6 nitrogen and oxygen atoms in total. The molecule has 0 saturated heterocycles. The Hall–Kier alpha value is -1.89. The summed E-state index contributed by atoms with van der Waals surface area (Å²) in [7, 11) is 1.83. The van der Waals surface area contributed by atoms with E-state index in [1.54, 1.807) is 11.3 Å². The number of nitrogens with zero attached hydrogens (tertiary/aromatic N) is 4. The Balaban J connectivity index is 1.56. The number of guanidine groups is 1. The highest BCUT2D eigenvalue weighted by Gasteiger charge is 2.24. The molecule has 0 spiro atoms. The van der Waals surface area contributed by atoms with E-state index < -0.39 is 0 Å². The zero-order valence-corrected chi connectivity index (χ0v) is 16.4. The lowest BCUT2D eigenvalue weighted by Gasteiger charge is -2.28. The zero-order chi connectivity index (χ0) is 17.9. The van der Waals surface area contributed by atoms with Crippen LogP contribution in [-0.2, 0) is 24.8 Å². The van der Waals surface area contributed by atoms with Crippen LogP contribution in [0.3, 0.4) is 0 Å². The van der Waals surface area contributed by atoms with Crippen molar-refractivity contribution >= 4 is 17.3 Å². The number of thiophene rings is 1. The standard InChI is InChI=1S/C18H28N6S/c1-5-15-22-16-9-8-13(11-24(16)23-15)21-17(19-4)20-12-18(2,3)14-7-6-10-25-14/h6-7,10,13H,5,8-9,11-12H2,1-4H3,(H2,19,20,21). The number of nitrogens with one attached hydrogen (secondary N) is 2. The van der Waals surface area contributed by atoms with E-state index in [0.717, 1.165) is 50.0 Å². The lowest BCUT2D eigenvalue weighted by atomic mass is 9.91. The van der Waals surface area contributed by atoms with Gasteiger partial charge in [-0.1, -0.05) is 26.8 Å². The predicted molar refractivity (Wildman–Crippen MR) is 103 cm³/mol. The molecule has 3 rings (SSSR count). The van der Waals surface area contributed by atoms with E-state index in [9.17, 15) is 0 Å². The summed E-state index contributed by atoms with van der Waals surface area (Å²) in [5, 5.41) is 13.7. The maximum absolute atomic E-state index is 4.58. The molecule has 2 aromatic heterocycles. The molecule has 0 aliphatic carbocycles. The first-order valence-electron chi connectivity index (χ1n) is 8.95. The minimum Gasteiger partial charge on any atom is -0.356 e. The van der Waals surface area contributed by atoms with E-state index in [4.69, 9.17) is 0 Å². The molecule has 0 saturated carbocycles. The van der Waals surface area contributed by atoms with Gasteiger partial charge in [-0.2, -0.15) is 5.10 Å². The van der Waals surface area contributed by atoms with Crippen molar-refractivity contribution in [3.8, 4) is 0 Å². The Kier molecular flexibility index (Phi) is 5.42. The van der Waals surface area contributed by atoms with E-state index in [1.807, 2.05) is 11.7 Å². The van der Waals surface area contributed by atoms with Crippen molar-refractivity contribution < 1.29 is 0 Å². The summed E-state index contributed by atoms with van der Waals surface area (Å²) in [6.45, 7) is 8.30. The van der Waals surface area contributed by atoms with Gasteiger partial charge < -0.3 is 10.6 Å². The molecule has 2 aromatic rings. The highest BCUT2D eigenvalue weighted by atomic mass is 32.1. The van der Waals surface area contributed by atoms with E-state index in [0.29, 0.717) is 6.04 Å². The molecule has 3 heterocycles. The molecule has 0 fully saturated rings. The molecule has 0 amide bonds. The fraction of sp³-hybridized carbons (Fsp3) is 0.611. The van der Waals surface area contributed by atoms with E-state index >= 15 is 0 Å². The van der Waals surface area contributed by atoms with Gasteiger partial charge in [0.1, 0.15) is 5.82 Å². The van der Waals surface area contributed by atoms with E-state index in [-0.39, 0.29) is 5.41 Å². The lowest BCUT2D eigenvalue weighted by Crippen LogP contribution is -2.49.